The van der Waals surface area contributed by atoms with Gasteiger partial charge in [-0.2, -0.15) is 13.2 Å². The smallest absolute Gasteiger partial charge is 0.399 e. The molecule has 0 fully saturated rings. The van der Waals surface area contributed by atoms with E-state index in [0.29, 0.717) is 0 Å². The molecule has 6 heteroatoms. The van der Waals surface area contributed by atoms with E-state index in [1.165, 1.54) is 25.4 Å². The third kappa shape index (κ3) is 1.86. The molecule has 1 aromatic heterocycles. The minimum absolute atomic E-state index is 0.0157. The van der Waals surface area contributed by atoms with Gasteiger partial charge in [-0.05, 0) is 23.6 Å². The molecule has 0 saturated heterocycles. The summed E-state index contributed by atoms with van der Waals surface area (Å²) >= 11 is 0. The van der Waals surface area contributed by atoms with Crippen molar-refractivity contribution in [3.8, 4) is 0 Å². The van der Waals surface area contributed by atoms with E-state index in [1.807, 2.05) is 0 Å². The molecule has 3 nitrogen and oxygen atoms in total. The van der Waals surface area contributed by atoms with Gasteiger partial charge < -0.3 is 10.3 Å². The first kappa shape index (κ1) is 11.5. The number of halogens is 3. The molecule has 0 saturated carbocycles. The molecule has 0 atom stereocenters. The molecule has 90 valence electrons. The fourth-order valence-corrected chi connectivity index (χ4v) is 1.72. The average Bonchev–Trinajstić information content (AvgIpc) is 2.21. The first-order chi connectivity index (χ1) is 7.80. The van der Waals surface area contributed by atoms with Crippen molar-refractivity contribution < 1.29 is 13.2 Å². The third-order valence-corrected chi connectivity index (χ3v) is 2.51. The second kappa shape index (κ2) is 3.51. The Bertz CT molecular complexity index is 643. The van der Waals surface area contributed by atoms with Crippen LogP contribution < -0.4 is 11.3 Å². The maximum absolute atomic E-state index is 12.8. The molecule has 1 aromatic carbocycles. The second-order valence-corrected chi connectivity index (χ2v) is 3.76. The van der Waals surface area contributed by atoms with E-state index in [2.05, 4.69) is 0 Å². The molecular formula is C11H9F3N2O. The van der Waals surface area contributed by atoms with Crippen molar-refractivity contribution in [1.82, 2.24) is 4.57 Å². The number of rotatable bonds is 0. The predicted molar refractivity (Wildman–Crippen MR) is 58.6 cm³/mol. The zero-order chi connectivity index (χ0) is 12.8. The third-order valence-electron chi connectivity index (χ3n) is 2.51. The number of hydrogen-bond donors (Lipinski definition) is 1. The summed E-state index contributed by atoms with van der Waals surface area (Å²) in [7, 11) is 1.40. The lowest BCUT2D eigenvalue weighted by Gasteiger charge is -2.11. The Morgan fingerprint density at radius 1 is 1.29 bits per heavy atom. The van der Waals surface area contributed by atoms with Gasteiger partial charge in [-0.3, -0.25) is 4.79 Å². The van der Waals surface area contributed by atoms with Crippen LogP contribution >= 0.6 is 0 Å². The molecule has 0 bridgehead atoms. The number of nitrogen functional groups attached to an aromatic ring is 1. The van der Waals surface area contributed by atoms with Gasteiger partial charge in [-0.1, -0.05) is 0 Å². The molecule has 17 heavy (non-hydrogen) atoms. The van der Waals surface area contributed by atoms with Crippen molar-refractivity contribution in [1.29, 1.82) is 0 Å². The van der Waals surface area contributed by atoms with Crippen LogP contribution in [0.3, 0.4) is 0 Å². The average molecular weight is 242 g/mol. The molecule has 0 spiro atoms. The normalized spacial score (nSPS) is 12.0. The van der Waals surface area contributed by atoms with E-state index in [-0.39, 0.29) is 16.5 Å². The maximum Gasteiger partial charge on any atom is 0.417 e. The van der Waals surface area contributed by atoms with Gasteiger partial charge in [0.05, 0.1) is 10.9 Å². The first-order valence-electron chi connectivity index (χ1n) is 4.77. The molecule has 0 unspecified atom stereocenters. The molecular weight excluding hydrogens is 233 g/mol. The van der Waals surface area contributed by atoms with Gasteiger partial charge in [0.1, 0.15) is 0 Å². The number of alkyl halides is 3. The largest absolute Gasteiger partial charge is 0.417 e. The number of aryl methyl sites for hydroxylation is 1. The van der Waals surface area contributed by atoms with E-state index < -0.39 is 17.3 Å². The number of nitrogens with two attached hydrogens (primary N) is 1. The fourth-order valence-electron chi connectivity index (χ4n) is 1.72. The lowest BCUT2D eigenvalue weighted by atomic mass is 10.0. The van der Waals surface area contributed by atoms with Crippen LogP contribution in [0.4, 0.5) is 18.9 Å². The van der Waals surface area contributed by atoms with Gasteiger partial charge in [0.25, 0.3) is 5.56 Å². The molecule has 1 heterocycles. The van der Waals surface area contributed by atoms with Crippen LogP contribution in [-0.4, -0.2) is 4.57 Å². The van der Waals surface area contributed by atoms with Crippen molar-refractivity contribution in [2.75, 3.05) is 5.73 Å². The van der Waals surface area contributed by atoms with Crippen LogP contribution in [0, 0.1) is 0 Å². The Labute approximate surface area is 94.3 Å². The number of nitrogens with zero attached hydrogens (tertiary/aromatic N) is 1. The quantitative estimate of drug-likeness (QED) is 0.719. The number of hydrogen-bond acceptors (Lipinski definition) is 2. The Kier molecular flexibility index (Phi) is 2.38. The number of anilines is 1. The number of pyridine rings is 1. The number of aromatic nitrogens is 1. The van der Waals surface area contributed by atoms with Crippen molar-refractivity contribution in [3.05, 3.63) is 40.3 Å². The van der Waals surface area contributed by atoms with Crippen molar-refractivity contribution in [2.45, 2.75) is 6.18 Å². The van der Waals surface area contributed by atoms with Crippen LogP contribution in [0.1, 0.15) is 5.56 Å². The van der Waals surface area contributed by atoms with E-state index >= 15 is 0 Å². The minimum Gasteiger partial charge on any atom is -0.399 e. The van der Waals surface area contributed by atoms with Gasteiger partial charge >= 0.3 is 6.18 Å². The van der Waals surface area contributed by atoms with Gasteiger partial charge in [-0.25, -0.2) is 0 Å². The highest BCUT2D eigenvalue weighted by Crippen LogP contribution is 2.34. The lowest BCUT2D eigenvalue weighted by Crippen LogP contribution is -2.20. The van der Waals surface area contributed by atoms with E-state index in [0.717, 1.165) is 10.6 Å². The minimum atomic E-state index is -4.60. The topological polar surface area (TPSA) is 48.0 Å². The van der Waals surface area contributed by atoms with Gasteiger partial charge in [-0.15, -0.1) is 0 Å². The fraction of sp³-hybridized carbons (Fsp3) is 0.182. The van der Waals surface area contributed by atoms with Crippen LogP contribution in [0.2, 0.25) is 0 Å². The van der Waals surface area contributed by atoms with Crippen molar-refractivity contribution in [3.63, 3.8) is 0 Å². The summed E-state index contributed by atoms with van der Waals surface area (Å²) in [5, 5.41) is -0.155. The summed E-state index contributed by atoms with van der Waals surface area (Å²) < 4.78 is 39.5. The molecule has 0 aliphatic carbocycles. The summed E-state index contributed by atoms with van der Waals surface area (Å²) in [5.41, 5.74) is 3.71. The van der Waals surface area contributed by atoms with Gasteiger partial charge in [0.15, 0.2) is 0 Å². The highest BCUT2D eigenvalue weighted by atomic mass is 19.4. The first-order valence-corrected chi connectivity index (χ1v) is 4.77. The summed E-state index contributed by atoms with van der Waals surface area (Å²) in [6.45, 7) is 0. The number of fused-ring (bicyclic) bond motifs is 1. The Morgan fingerprint density at radius 3 is 2.53 bits per heavy atom. The summed E-state index contributed by atoms with van der Waals surface area (Å²) in [6.07, 6.45) is -3.19. The highest BCUT2D eigenvalue weighted by molar-refractivity contribution is 5.88. The lowest BCUT2D eigenvalue weighted by molar-refractivity contribution is -0.136. The van der Waals surface area contributed by atoms with Crippen molar-refractivity contribution >= 4 is 16.5 Å². The van der Waals surface area contributed by atoms with E-state index in [9.17, 15) is 18.0 Å². The second-order valence-electron chi connectivity index (χ2n) is 3.76. The molecule has 2 N–H and O–H groups in total. The molecule has 0 radical (unpaired) electrons. The Hall–Kier alpha value is -1.98. The molecule has 2 aromatic rings. The standard InChI is InChI=1S/C11H9F3N2O/c1-16-3-2-6-4-7(15)5-8(11(12,13)14)9(6)10(16)17/h2-5H,15H2,1H3. The molecule has 0 amide bonds. The maximum atomic E-state index is 12.8. The van der Waals surface area contributed by atoms with Gasteiger partial charge in [0, 0.05) is 18.9 Å². The monoisotopic (exact) mass is 242 g/mol. The molecule has 0 aliphatic rings. The molecule has 2 rings (SSSR count). The van der Waals surface area contributed by atoms with Crippen LogP contribution in [0.5, 0.6) is 0 Å². The Balaban J connectivity index is 3.01. The zero-order valence-corrected chi connectivity index (χ0v) is 8.88. The zero-order valence-electron chi connectivity index (χ0n) is 8.88. The number of benzene rings is 1. The van der Waals surface area contributed by atoms with Crippen molar-refractivity contribution in [2.24, 2.45) is 7.05 Å². The SMILES string of the molecule is Cn1ccc2cc(N)cc(C(F)(F)F)c2c1=O. The summed E-state index contributed by atoms with van der Waals surface area (Å²) in [5.74, 6) is 0. The van der Waals surface area contributed by atoms with Crippen LogP contribution in [-0.2, 0) is 13.2 Å². The molecule has 0 aliphatic heterocycles. The Morgan fingerprint density at radius 2 is 1.94 bits per heavy atom. The van der Waals surface area contributed by atoms with Crippen LogP contribution in [0.25, 0.3) is 10.8 Å². The van der Waals surface area contributed by atoms with Crippen LogP contribution in [0.15, 0.2) is 29.2 Å². The summed E-state index contributed by atoms with van der Waals surface area (Å²) in [4.78, 5) is 11.7. The summed E-state index contributed by atoms with van der Waals surface area (Å²) in [6, 6.07) is 3.57. The predicted octanol–water partition coefficient (Wildman–Crippen LogP) is 2.14. The van der Waals surface area contributed by atoms with Gasteiger partial charge in [0.2, 0.25) is 0 Å². The van der Waals surface area contributed by atoms with E-state index in [1.54, 1.807) is 0 Å². The van der Waals surface area contributed by atoms with E-state index in [4.69, 9.17) is 5.73 Å². The highest BCUT2D eigenvalue weighted by Gasteiger charge is 2.34.